The number of aliphatic hydroxyl groups is 1. The molecular formula is C10H14O4S. The first-order chi connectivity index (χ1) is 6.86. The number of methoxy groups -OCH3 is 1. The Labute approximate surface area is 89.4 Å². The summed E-state index contributed by atoms with van der Waals surface area (Å²) >= 11 is 0. The lowest BCUT2D eigenvalue weighted by Gasteiger charge is -2.11. The third-order valence-corrected chi connectivity index (χ3v) is 3.19. The summed E-state index contributed by atoms with van der Waals surface area (Å²) in [6.07, 6.45) is 0.442. The van der Waals surface area contributed by atoms with Crippen molar-refractivity contribution in [2.75, 3.05) is 13.4 Å². The van der Waals surface area contributed by atoms with Crippen LogP contribution in [0.25, 0.3) is 0 Å². The standard InChI is InChI=1S/C10H14O4S/c1-7(11)9-5-4-8(15(3,12)13)6-10(9)14-2/h4-7,11H,1-3H3. The second-order valence-corrected chi connectivity index (χ2v) is 5.37. The number of hydrogen-bond donors (Lipinski definition) is 1. The number of ether oxygens (including phenoxy) is 1. The molecule has 1 unspecified atom stereocenters. The van der Waals surface area contributed by atoms with Gasteiger partial charge in [-0.05, 0) is 19.1 Å². The summed E-state index contributed by atoms with van der Waals surface area (Å²) in [5.74, 6) is 0.382. The Morgan fingerprint density at radius 1 is 1.40 bits per heavy atom. The fourth-order valence-electron chi connectivity index (χ4n) is 1.27. The van der Waals surface area contributed by atoms with Crippen LogP contribution in [0, 0.1) is 0 Å². The van der Waals surface area contributed by atoms with Gasteiger partial charge in [-0.3, -0.25) is 0 Å². The average Bonchev–Trinajstić information content (AvgIpc) is 2.15. The summed E-state index contributed by atoms with van der Waals surface area (Å²) in [4.78, 5) is 0.184. The monoisotopic (exact) mass is 230 g/mol. The first kappa shape index (κ1) is 12.0. The van der Waals surface area contributed by atoms with Crippen LogP contribution in [0.3, 0.4) is 0 Å². The molecule has 4 nitrogen and oxygen atoms in total. The van der Waals surface area contributed by atoms with Crippen molar-refractivity contribution in [1.29, 1.82) is 0 Å². The Bertz CT molecular complexity index is 448. The molecule has 15 heavy (non-hydrogen) atoms. The normalized spacial score (nSPS) is 13.6. The largest absolute Gasteiger partial charge is 0.496 e. The summed E-state index contributed by atoms with van der Waals surface area (Å²) in [5.41, 5.74) is 0.574. The maximum absolute atomic E-state index is 11.3. The molecule has 0 radical (unpaired) electrons. The van der Waals surface area contributed by atoms with Gasteiger partial charge < -0.3 is 9.84 Å². The topological polar surface area (TPSA) is 63.6 Å². The average molecular weight is 230 g/mol. The maximum Gasteiger partial charge on any atom is 0.175 e. The van der Waals surface area contributed by atoms with Gasteiger partial charge in [-0.15, -0.1) is 0 Å². The number of aliphatic hydroxyl groups excluding tert-OH is 1. The predicted molar refractivity (Wildman–Crippen MR) is 56.7 cm³/mol. The zero-order valence-electron chi connectivity index (χ0n) is 8.89. The molecule has 0 saturated heterocycles. The van der Waals surface area contributed by atoms with Crippen molar-refractivity contribution in [3.05, 3.63) is 23.8 Å². The summed E-state index contributed by atoms with van der Waals surface area (Å²) in [7, 11) is -1.80. The Morgan fingerprint density at radius 2 is 2.00 bits per heavy atom. The molecule has 1 aromatic carbocycles. The van der Waals surface area contributed by atoms with E-state index in [-0.39, 0.29) is 4.90 Å². The van der Waals surface area contributed by atoms with E-state index in [2.05, 4.69) is 0 Å². The van der Waals surface area contributed by atoms with Crippen molar-refractivity contribution in [3.8, 4) is 5.75 Å². The Hall–Kier alpha value is -1.07. The molecule has 0 spiro atoms. The highest BCUT2D eigenvalue weighted by molar-refractivity contribution is 7.90. The molecule has 5 heteroatoms. The van der Waals surface area contributed by atoms with Crippen LogP contribution in [0.4, 0.5) is 0 Å². The lowest BCUT2D eigenvalue weighted by molar-refractivity contribution is 0.194. The smallest absolute Gasteiger partial charge is 0.175 e. The first-order valence-electron chi connectivity index (χ1n) is 4.42. The minimum atomic E-state index is -3.24. The lowest BCUT2D eigenvalue weighted by Crippen LogP contribution is -2.01. The third kappa shape index (κ3) is 2.70. The van der Waals surface area contributed by atoms with Gasteiger partial charge in [0.1, 0.15) is 5.75 Å². The third-order valence-electron chi connectivity index (χ3n) is 2.08. The zero-order valence-corrected chi connectivity index (χ0v) is 9.71. The van der Waals surface area contributed by atoms with E-state index in [0.717, 1.165) is 6.26 Å². The number of rotatable bonds is 3. The molecule has 1 atom stereocenters. The highest BCUT2D eigenvalue weighted by Crippen LogP contribution is 2.27. The van der Waals surface area contributed by atoms with Gasteiger partial charge in [0.25, 0.3) is 0 Å². The Kier molecular flexibility index (Phi) is 3.36. The van der Waals surface area contributed by atoms with Crippen LogP contribution in [0.1, 0.15) is 18.6 Å². The maximum atomic E-state index is 11.3. The van der Waals surface area contributed by atoms with Gasteiger partial charge >= 0.3 is 0 Å². The van der Waals surface area contributed by atoms with E-state index in [1.165, 1.54) is 19.2 Å². The molecule has 0 aromatic heterocycles. The molecule has 0 aliphatic heterocycles. The van der Waals surface area contributed by atoms with Crippen LogP contribution in [-0.4, -0.2) is 26.9 Å². The van der Waals surface area contributed by atoms with Gasteiger partial charge in [0.05, 0.1) is 18.1 Å². The second kappa shape index (κ2) is 4.20. The van der Waals surface area contributed by atoms with E-state index < -0.39 is 15.9 Å². The van der Waals surface area contributed by atoms with Crippen LogP contribution in [0.2, 0.25) is 0 Å². The van der Waals surface area contributed by atoms with Crippen molar-refractivity contribution in [1.82, 2.24) is 0 Å². The molecule has 0 aliphatic carbocycles. The van der Waals surface area contributed by atoms with Gasteiger partial charge in [0.15, 0.2) is 9.84 Å². The SMILES string of the molecule is COc1cc(S(C)(=O)=O)ccc1C(C)O. The van der Waals surface area contributed by atoms with Crippen molar-refractivity contribution < 1.29 is 18.3 Å². The van der Waals surface area contributed by atoms with E-state index in [9.17, 15) is 13.5 Å². The summed E-state index contributed by atoms with van der Waals surface area (Å²) < 4.78 is 27.5. The van der Waals surface area contributed by atoms with Gasteiger partial charge in [-0.2, -0.15) is 0 Å². The summed E-state index contributed by atoms with van der Waals surface area (Å²) in [6, 6.07) is 4.43. The second-order valence-electron chi connectivity index (χ2n) is 3.35. The van der Waals surface area contributed by atoms with Gasteiger partial charge in [0, 0.05) is 11.8 Å². The molecule has 0 aliphatic rings. The first-order valence-corrected chi connectivity index (χ1v) is 6.31. The quantitative estimate of drug-likeness (QED) is 0.846. The number of sulfone groups is 1. The fourth-order valence-corrected chi connectivity index (χ4v) is 1.90. The van der Waals surface area contributed by atoms with Gasteiger partial charge in [0.2, 0.25) is 0 Å². The minimum Gasteiger partial charge on any atom is -0.496 e. The molecule has 0 bridgehead atoms. The number of benzene rings is 1. The zero-order chi connectivity index (χ0) is 11.6. The molecule has 1 aromatic rings. The highest BCUT2D eigenvalue weighted by Gasteiger charge is 2.13. The Morgan fingerprint density at radius 3 is 2.40 bits per heavy atom. The van der Waals surface area contributed by atoms with Crippen molar-refractivity contribution in [2.45, 2.75) is 17.9 Å². The molecule has 0 amide bonds. The summed E-state index contributed by atoms with van der Waals surface area (Å²) in [6.45, 7) is 1.60. The summed E-state index contributed by atoms with van der Waals surface area (Å²) in [5, 5.41) is 9.40. The molecule has 0 fully saturated rings. The van der Waals surface area contributed by atoms with Crippen LogP contribution in [0.15, 0.2) is 23.1 Å². The van der Waals surface area contributed by atoms with Crippen molar-refractivity contribution in [2.24, 2.45) is 0 Å². The molecule has 0 heterocycles. The number of hydrogen-bond acceptors (Lipinski definition) is 4. The Balaban J connectivity index is 3.32. The molecule has 84 valence electrons. The highest BCUT2D eigenvalue weighted by atomic mass is 32.2. The molecule has 1 N–H and O–H groups in total. The molecule has 0 saturated carbocycles. The fraction of sp³-hybridized carbons (Fsp3) is 0.400. The minimum absolute atomic E-state index is 0.184. The van der Waals surface area contributed by atoms with E-state index in [4.69, 9.17) is 4.74 Å². The van der Waals surface area contributed by atoms with Gasteiger partial charge in [-0.1, -0.05) is 6.07 Å². The van der Waals surface area contributed by atoms with Crippen LogP contribution < -0.4 is 4.74 Å². The molecular weight excluding hydrogens is 216 g/mol. The molecule has 1 rings (SSSR count). The van der Waals surface area contributed by atoms with E-state index in [0.29, 0.717) is 11.3 Å². The lowest BCUT2D eigenvalue weighted by atomic mass is 10.1. The van der Waals surface area contributed by atoms with Crippen LogP contribution in [0.5, 0.6) is 5.75 Å². The van der Waals surface area contributed by atoms with Crippen molar-refractivity contribution >= 4 is 9.84 Å². The van der Waals surface area contributed by atoms with E-state index >= 15 is 0 Å². The van der Waals surface area contributed by atoms with Crippen molar-refractivity contribution in [3.63, 3.8) is 0 Å². The van der Waals surface area contributed by atoms with Gasteiger partial charge in [-0.25, -0.2) is 8.42 Å². The van der Waals surface area contributed by atoms with Crippen LogP contribution >= 0.6 is 0 Å². The predicted octanol–water partition coefficient (Wildman–Crippen LogP) is 1.15. The van der Waals surface area contributed by atoms with E-state index in [1.807, 2.05) is 0 Å². The van der Waals surface area contributed by atoms with E-state index in [1.54, 1.807) is 13.0 Å². The van der Waals surface area contributed by atoms with Crippen LogP contribution in [-0.2, 0) is 9.84 Å².